The number of aliphatic hydroxyl groups excluding tert-OH is 1. The average molecular weight is 262 g/mol. The van der Waals surface area contributed by atoms with E-state index in [1.165, 1.54) is 7.11 Å². The number of benzene rings is 1. The van der Waals surface area contributed by atoms with Crippen LogP contribution in [0.1, 0.15) is 0 Å². The Morgan fingerprint density at radius 1 is 1.50 bits per heavy atom. The van der Waals surface area contributed by atoms with Crippen LogP contribution in [0.3, 0.4) is 0 Å². The minimum Gasteiger partial charge on any atom is -0.389 e. The second kappa shape index (κ2) is 6.22. The number of anilines is 1. The standard InChI is InChI=1S/C10H12F2N2O4/c1-18-5-7(15)4-13-10-8(11)2-6(14(16)17)3-9(10)12/h2-3,7,13,15H,4-5H2,1H3. The summed E-state index contributed by atoms with van der Waals surface area (Å²) >= 11 is 0. The first kappa shape index (κ1) is 14.3. The molecule has 0 spiro atoms. The summed E-state index contributed by atoms with van der Waals surface area (Å²) in [5, 5.41) is 22.0. The van der Waals surface area contributed by atoms with E-state index < -0.39 is 34.0 Å². The Morgan fingerprint density at radius 2 is 2.06 bits per heavy atom. The highest BCUT2D eigenvalue weighted by atomic mass is 19.1. The second-order valence-electron chi connectivity index (χ2n) is 3.53. The number of halogens is 2. The summed E-state index contributed by atoms with van der Waals surface area (Å²) in [5.74, 6) is -2.18. The molecule has 0 aliphatic rings. The lowest BCUT2D eigenvalue weighted by Gasteiger charge is -2.12. The predicted octanol–water partition coefficient (Wildman–Crippen LogP) is 1.29. The molecule has 1 aromatic carbocycles. The summed E-state index contributed by atoms with van der Waals surface area (Å²) in [7, 11) is 1.37. The maximum Gasteiger partial charge on any atom is 0.275 e. The summed E-state index contributed by atoms with van der Waals surface area (Å²) in [5.41, 5.74) is -1.19. The number of nitro benzene ring substituents is 1. The van der Waals surface area contributed by atoms with Crippen molar-refractivity contribution in [2.45, 2.75) is 6.10 Å². The zero-order chi connectivity index (χ0) is 13.7. The predicted molar refractivity (Wildman–Crippen MR) is 59.4 cm³/mol. The van der Waals surface area contributed by atoms with Gasteiger partial charge in [0.2, 0.25) is 0 Å². The highest BCUT2D eigenvalue weighted by Gasteiger charge is 2.17. The van der Waals surface area contributed by atoms with E-state index in [0.717, 1.165) is 0 Å². The molecule has 0 amide bonds. The Hall–Kier alpha value is -1.80. The third-order valence-electron chi connectivity index (χ3n) is 2.11. The van der Waals surface area contributed by atoms with Crippen molar-refractivity contribution in [3.63, 3.8) is 0 Å². The SMILES string of the molecule is COCC(O)CNc1c(F)cc([N+](=O)[O-])cc1F. The van der Waals surface area contributed by atoms with Gasteiger partial charge in [-0.25, -0.2) is 8.78 Å². The molecule has 1 atom stereocenters. The summed E-state index contributed by atoms with van der Waals surface area (Å²) in [6.45, 7) is -0.136. The van der Waals surface area contributed by atoms with Gasteiger partial charge in [-0.2, -0.15) is 0 Å². The summed E-state index contributed by atoms with van der Waals surface area (Å²) in [4.78, 5) is 9.47. The van der Waals surface area contributed by atoms with Crippen LogP contribution in [0.2, 0.25) is 0 Å². The molecule has 8 heteroatoms. The topological polar surface area (TPSA) is 84.6 Å². The lowest BCUT2D eigenvalue weighted by Crippen LogP contribution is -2.24. The maximum atomic E-state index is 13.4. The molecule has 0 aliphatic heterocycles. The van der Waals surface area contributed by atoms with Gasteiger partial charge in [-0.05, 0) is 0 Å². The van der Waals surface area contributed by atoms with Crippen LogP contribution < -0.4 is 5.32 Å². The van der Waals surface area contributed by atoms with Crippen LogP contribution in [0.25, 0.3) is 0 Å². The first-order valence-corrected chi connectivity index (χ1v) is 5.00. The highest BCUT2D eigenvalue weighted by molar-refractivity contribution is 5.51. The van der Waals surface area contributed by atoms with Gasteiger partial charge in [0.15, 0.2) is 11.6 Å². The van der Waals surface area contributed by atoms with E-state index in [2.05, 4.69) is 10.1 Å². The van der Waals surface area contributed by atoms with Crippen LogP contribution in [0.4, 0.5) is 20.2 Å². The molecule has 0 aliphatic carbocycles. The van der Waals surface area contributed by atoms with Gasteiger partial charge in [0.05, 0.1) is 29.8 Å². The average Bonchev–Trinajstić information content (AvgIpc) is 2.27. The van der Waals surface area contributed by atoms with Gasteiger partial charge in [-0.3, -0.25) is 10.1 Å². The van der Waals surface area contributed by atoms with Gasteiger partial charge in [-0.15, -0.1) is 0 Å². The van der Waals surface area contributed by atoms with Crippen LogP contribution in [0.15, 0.2) is 12.1 Å². The third kappa shape index (κ3) is 3.60. The summed E-state index contributed by atoms with van der Waals surface area (Å²) in [6.07, 6.45) is -0.941. The summed E-state index contributed by atoms with van der Waals surface area (Å²) in [6, 6.07) is 1.21. The molecule has 100 valence electrons. The number of nitrogens with zero attached hydrogens (tertiary/aromatic N) is 1. The molecule has 1 aromatic rings. The van der Waals surface area contributed by atoms with Crippen molar-refractivity contribution in [3.8, 4) is 0 Å². The number of methoxy groups -OCH3 is 1. The zero-order valence-corrected chi connectivity index (χ0v) is 9.52. The van der Waals surface area contributed by atoms with Gasteiger partial charge < -0.3 is 15.2 Å². The number of non-ortho nitro benzene ring substituents is 1. The normalized spacial score (nSPS) is 12.2. The van der Waals surface area contributed by atoms with Crippen molar-refractivity contribution in [1.82, 2.24) is 0 Å². The smallest absolute Gasteiger partial charge is 0.275 e. The van der Waals surface area contributed by atoms with Crippen molar-refractivity contribution in [2.24, 2.45) is 0 Å². The van der Waals surface area contributed by atoms with E-state index in [1.807, 2.05) is 0 Å². The van der Waals surface area contributed by atoms with E-state index >= 15 is 0 Å². The quantitative estimate of drug-likeness (QED) is 0.596. The second-order valence-corrected chi connectivity index (χ2v) is 3.53. The van der Waals surface area contributed by atoms with E-state index in [9.17, 15) is 24.0 Å². The Bertz CT molecular complexity index is 419. The molecular formula is C10H12F2N2O4. The van der Waals surface area contributed by atoms with Crippen LogP contribution >= 0.6 is 0 Å². The Labute approximate surface area is 101 Å². The molecule has 6 nitrogen and oxygen atoms in total. The van der Waals surface area contributed by atoms with E-state index in [-0.39, 0.29) is 13.2 Å². The van der Waals surface area contributed by atoms with Crippen molar-refractivity contribution >= 4 is 11.4 Å². The number of aliphatic hydroxyl groups is 1. The fourth-order valence-corrected chi connectivity index (χ4v) is 1.31. The molecule has 18 heavy (non-hydrogen) atoms. The molecule has 0 fully saturated rings. The minimum absolute atomic E-state index is 0.00319. The van der Waals surface area contributed by atoms with Gasteiger partial charge in [-0.1, -0.05) is 0 Å². The minimum atomic E-state index is -1.09. The molecule has 2 N–H and O–H groups in total. The van der Waals surface area contributed by atoms with E-state index in [1.54, 1.807) is 0 Å². The monoisotopic (exact) mass is 262 g/mol. The Kier molecular flexibility index (Phi) is 4.93. The molecule has 0 heterocycles. The van der Waals surface area contributed by atoms with Gasteiger partial charge in [0.1, 0.15) is 5.69 Å². The molecule has 0 radical (unpaired) electrons. The molecule has 0 saturated carbocycles. The maximum absolute atomic E-state index is 13.4. The number of ether oxygens (including phenoxy) is 1. The number of rotatable bonds is 6. The summed E-state index contributed by atoms with van der Waals surface area (Å²) < 4.78 is 31.4. The number of hydrogen-bond donors (Lipinski definition) is 2. The van der Waals surface area contributed by atoms with Gasteiger partial charge in [0.25, 0.3) is 5.69 Å². The van der Waals surface area contributed by atoms with E-state index in [0.29, 0.717) is 12.1 Å². The third-order valence-corrected chi connectivity index (χ3v) is 2.11. The Balaban J connectivity index is 2.81. The lowest BCUT2D eigenvalue weighted by atomic mass is 10.2. The molecule has 1 unspecified atom stereocenters. The molecule has 0 saturated heterocycles. The van der Waals surface area contributed by atoms with Crippen LogP contribution in [-0.2, 0) is 4.74 Å². The van der Waals surface area contributed by atoms with Crippen LogP contribution in [0.5, 0.6) is 0 Å². The number of nitro groups is 1. The highest BCUT2D eigenvalue weighted by Crippen LogP contribution is 2.24. The molecular weight excluding hydrogens is 250 g/mol. The van der Waals surface area contributed by atoms with Crippen molar-refractivity contribution in [1.29, 1.82) is 0 Å². The fraction of sp³-hybridized carbons (Fsp3) is 0.400. The first-order valence-electron chi connectivity index (χ1n) is 5.00. The zero-order valence-electron chi connectivity index (χ0n) is 9.52. The van der Waals surface area contributed by atoms with Crippen molar-refractivity contribution in [2.75, 3.05) is 25.6 Å². The van der Waals surface area contributed by atoms with Crippen LogP contribution in [-0.4, -0.2) is 36.4 Å². The molecule has 0 aromatic heterocycles. The van der Waals surface area contributed by atoms with Crippen molar-refractivity contribution in [3.05, 3.63) is 33.9 Å². The number of hydrogen-bond acceptors (Lipinski definition) is 5. The van der Waals surface area contributed by atoms with Gasteiger partial charge in [0, 0.05) is 13.7 Å². The van der Waals surface area contributed by atoms with Crippen molar-refractivity contribution < 1.29 is 23.5 Å². The first-order chi connectivity index (χ1) is 8.45. The van der Waals surface area contributed by atoms with Gasteiger partial charge >= 0.3 is 0 Å². The molecule has 0 bridgehead atoms. The number of nitrogens with one attached hydrogen (secondary N) is 1. The Morgan fingerprint density at radius 3 is 2.50 bits per heavy atom. The largest absolute Gasteiger partial charge is 0.389 e. The molecule has 1 rings (SSSR count). The van der Waals surface area contributed by atoms with Crippen LogP contribution in [0, 0.1) is 21.7 Å². The fourth-order valence-electron chi connectivity index (χ4n) is 1.31. The lowest BCUT2D eigenvalue weighted by molar-refractivity contribution is -0.385. The van der Waals surface area contributed by atoms with E-state index in [4.69, 9.17) is 0 Å².